The molecule has 0 spiro atoms. The number of rotatable bonds is 10. The zero-order valence-corrected chi connectivity index (χ0v) is 21.9. The number of aromatic nitrogens is 2. The second-order valence-corrected chi connectivity index (χ2v) is 9.83. The molecule has 0 saturated heterocycles. The third-order valence-electron chi connectivity index (χ3n) is 6.27. The smallest absolute Gasteiger partial charge is 0.420 e. The lowest BCUT2D eigenvalue weighted by molar-refractivity contribution is -0.252. The van der Waals surface area contributed by atoms with Crippen LogP contribution in [0.15, 0.2) is 72.9 Å². The van der Waals surface area contributed by atoms with Gasteiger partial charge in [-0.15, -0.1) is 0 Å². The van der Waals surface area contributed by atoms with Gasteiger partial charge in [-0.2, -0.15) is 18.3 Å². The first-order valence-electron chi connectivity index (χ1n) is 12.5. The molecule has 0 amide bonds. The Morgan fingerprint density at radius 1 is 1.05 bits per heavy atom. The van der Waals surface area contributed by atoms with E-state index in [1.165, 1.54) is 6.20 Å². The normalized spacial score (nSPS) is 13.4. The summed E-state index contributed by atoms with van der Waals surface area (Å²) < 4.78 is 48.3. The number of esters is 1. The SMILES string of the molecule is Cc1cc(NCC(O)(CNC(C)C)C(F)(F)F)c2cnn(-c3cccc(C(=O)OCc4ccccc4)c3)c2c1. The largest absolute Gasteiger partial charge is 0.457 e. The minimum Gasteiger partial charge on any atom is -0.457 e. The summed E-state index contributed by atoms with van der Waals surface area (Å²) >= 11 is 0. The van der Waals surface area contributed by atoms with Crippen molar-refractivity contribution in [1.29, 1.82) is 0 Å². The maximum absolute atomic E-state index is 13.7. The van der Waals surface area contributed by atoms with Crippen LogP contribution in [-0.2, 0) is 11.3 Å². The maximum atomic E-state index is 13.7. The molecule has 0 bridgehead atoms. The summed E-state index contributed by atoms with van der Waals surface area (Å²) in [6.45, 7) is 3.97. The van der Waals surface area contributed by atoms with E-state index in [2.05, 4.69) is 15.7 Å². The predicted octanol–water partition coefficient (Wildman–Crippen LogP) is 5.39. The number of halogens is 3. The number of nitrogens with one attached hydrogen (secondary N) is 2. The van der Waals surface area contributed by atoms with Crippen molar-refractivity contribution in [3.8, 4) is 5.69 Å². The Morgan fingerprint density at radius 2 is 1.79 bits per heavy atom. The third kappa shape index (κ3) is 6.58. The Morgan fingerprint density at radius 3 is 2.49 bits per heavy atom. The van der Waals surface area contributed by atoms with E-state index in [0.29, 0.717) is 27.8 Å². The molecule has 10 heteroatoms. The van der Waals surface area contributed by atoms with E-state index in [1.54, 1.807) is 48.9 Å². The summed E-state index contributed by atoms with van der Waals surface area (Å²) in [6, 6.07) is 19.4. The van der Waals surface area contributed by atoms with Gasteiger partial charge in [-0.1, -0.05) is 50.2 Å². The van der Waals surface area contributed by atoms with Crippen molar-refractivity contribution in [2.75, 3.05) is 18.4 Å². The molecule has 206 valence electrons. The van der Waals surface area contributed by atoms with Gasteiger partial charge in [0.05, 0.1) is 29.5 Å². The number of alkyl halides is 3. The molecule has 0 saturated carbocycles. The van der Waals surface area contributed by atoms with Crippen molar-refractivity contribution in [2.24, 2.45) is 0 Å². The molecule has 3 aromatic carbocycles. The van der Waals surface area contributed by atoms with Gasteiger partial charge in [-0.25, -0.2) is 9.48 Å². The molecule has 1 unspecified atom stereocenters. The quantitative estimate of drug-likeness (QED) is 0.234. The summed E-state index contributed by atoms with van der Waals surface area (Å²) in [7, 11) is 0. The van der Waals surface area contributed by atoms with E-state index in [9.17, 15) is 23.1 Å². The van der Waals surface area contributed by atoms with E-state index in [0.717, 1.165) is 11.1 Å². The Kier molecular flexibility index (Phi) is 8.27. The van der Waals surface area contributed by atoms with Crippen LogP contribution < -0.4 is 10.6 Å². The first kappa shape index (κ1) is 28.1. The molecular weight excluding hydrogens is 509 g/mol. The molecule has 1 atom stereocenters. The van der Waals surface area contributed by atoms with E-state index >= 15 is 0 Å². The number of hydrogen-bond acceptors (Lipinski definition) is 6. The Bertz CT molecular complexity index is 1440. The van der Waals surface area contributed by atoms with E-state index in [4.69, 9.17) is 4.74 Å². The number of nitrogens with zero attached hydrogens (tertiary/aromatic N) is 2. The lowest BCUT2D eigenvalue weighted by atomic mass is 10.0. The first-order chi connectivity index (χ1) is 18.5. The van der Waals surface area contributed by atoms with Crippen LogP contribution in [0, 0.1) is 6.92 Å². The molecule has 0 aliphatic carbocycles. The molecule has 39 heavy (non-hydrogen) atoms. The zero-order chi connectivity index (χ0) is 28.2. The number of benzene rings is 3. The van der Waals surface area contributed by atoms with Crippen molar-refractivity contribution in [1.82, 2.24) is 15.1 Å². The van der Waals surface area contributed by atoms with Crippen LogP contribution in [0.1, 0.15) is 35.3 Å². The number of aliphatic hydroxyl groups is 1. The van der Waals surface area contributed by atoms with Gasteiger partial charge in [-0.3, -0.25) is 0 Å². The Hall–Kier alpha value is -3.89. The summed E-state index contributed by atoms with van der Waals surface area (Å²) in [5.41, 5.74) is 0.631. The lowest BCUT2D eigenvalue weighted by Gasteiger charge is -2.32. The fraction of sp³-hybridized carbons (Fsp3) is 0.310. The second kappa shape index (κ2) is 11.5. The van der Waals surface area contributed by atoms with Crippen molar-refractivity contribution < 1.29 is 27.8 Å². The number of hydrogen-bond donors (Lipinski definition) is 3. The first-order valence-corrected chi connectivity index (χ1v) is 12.5. The predicted molar refractivity (Wildman–Crippen MR) is 144 cm³/mol. The van der Waals surface area contributed by atoms with E-state index < -0.39 is 30.8 Å². The molecular formula is C29H31F3N4O3. The number of carbonyl (C=O) groups is 1. The van der Waals surface area contributed by atoms with Gasteiger partial charge < -0.3 is 20.5 Å². The van der Waals surface area contributed by atoms with Gasteiger partial charge in [0.1, 0.15) is 6.61 Å². The summed E-state index contributed by atoms with van der Waals surface area (Å²) in [6.07, 6.45) is -3.30. The topological polar surface area (TPSA) is 88.4 Å². The molecule has 0 radical (unpaired) electrons. The molecule has 0 aliphatic heterocycles. The van der Waals surface area contributed by atoms with Crippen LogP contribution in [0.5, 0.6) is 0 Å². The van der Waals surface area contributed by atoms with Crippen LogP contribution >= 0.6 is 0 Å². The van der Waals surface area contributed by atoms with Crippen molar-refractivity contribution in [3.05, 3.63) is 89.6 Å². The van der Waals surface area contributed by atoms with Crippen molar-refractivity contribution in [2.45, 2.75) is 45.2 Å². The van der Waals surface area contributed by atoms with Gasteiger partial charge in [0.15, 0.2) is 5.60 Å². The van der Waals surface area contributed by atoms with Crippen LogP contribution in [0.2, 0.25) is 0 Å². The zero-order valence-electron chi connectivity index (χ0n) is 21.9. The van der Waals surface area contributed by atoms with Crippen LogP contribution in [0.25, 0.3) is 16.6 Å². The minimum absolute atomic E-state index is 0.139. The summed E-state index contributed by atoms with van der Waals surface area (Å²) in [5.74, 6) is -0.489. The second-order valence-electron chi connectivity index (χ2n) is 9.83. The van der Waals surface area contributed by atoms with E-state index in [1.807, 2.05) is 43.3 Å². The molecule has 1 aromatic heterocycles. The average Bonchev–Trinajstić information content (AvgIpc) is 3.33. The van der Waals surface area contributed by atoms with Crippen molar-refractivity contribution >= 4 is 22.6 Å². The average molecular weight is 541 g/mol. The fourth-order valence-corrected chi connectivity index (χ4v) is 4.07. The van der Waals surface area contributed by atoms with Gasteiger partial charge in [0.2, 0.25) is 0 Å². The molecule has 4 rings (SSSR count). The minimum atomic E-state index is -4.84. The highest BCUT2D eigenvalue weighted by molar-refractivity contribution is 5.94. The monoisotopic (exact) mass is 540 g/mol. The Labute approximate surface area is 224 Å². The molecule has 4 aromatic rings. The molecule has 0 fully saturated rings. The van der Waals surface area contributed by atoms with Gasteiger partial charge in [-0.05, 0) is 48.4 Å². The maximum Gasteiger partial charge on any atom is 0.420 e. The summed E-state index contributed by atoms with van der Waals surface area (Å²) in [4.78, 5) is 12.7. The fourth-order valence-electron chi connectivity index (χ4n) is 4.07. The van der Waals surface area contributed by atoms with Gasteiger partial charge in [0, 0.05) is 23.7 Å². The third-order valence-corrected chi connectivity index (χ3v) is 6.27. The standard InChI is InChI=1S/C29H31F3N4O3/c1-19(2)33-17-28(38,29(30,31)32)18-34-25-12-20(3)13-26-24(25)15-35-36(26)23-11-7-10-22(14-23)27(37)39-16-21-8-5-4-6-9-21/h4-15,19,33-34,38H,16-18H2,1-3H3. The van der Waals surface area contributed by atoms with Crippen molar-refractivity contribution in [3.63, 3.8) is 0 Å². The number of anilines is 1. The highest BCUT2D eigenvalue weighted by Gasteiger charge is 2.53. The molecule has 0 aliphatic rings. The lowest BCUT2D eigenvalue weighted by Crippen LogP contribution is -2.57. The van der Waals surface area contributed by atoms with E-state index in [-0.39, 0.29) is 12.6 Å². The number of aryl methyl sites for hydroxylation is 1. The Balaban J connectivity index is 1.58. The number of carbonyl (C=O) groups excluding carboxylic acids is 1. The summed E-state index contributed by atoms with van der Waals surface area (Å²) in [5, 5.41) is 20.9. The highest BCUT2D eigenvalue weighted by atomic mass is 19.4. The van der Waals surface area contributed by atoms with Gasteiger partial charge in [0.25, 0.3) is 0 Å². The highest BCUT2D eigenvalue weighted by Crippen LogP contribution is 2.33. The van der Waals surface area contributed by atoms with Crippen LogP contribution in [-0.4, -0.2) is 51.8 Å². The molecule has 1 heterocycles. The molecule has 3 N–H and O–H groups in total. The van der Waals surface area contributed by atoms with Crippen LogP contribution in [0.4, 0.5) is 18.9 Å². The van der Waals surface area contributed by atoms with Gasteiger partial charge >= 0.3 is 12.1 Å². The number of ether oxygens (including phenoxy) is 1. The number of fused-ring (bicyclic) bond motifs is 1. The molecule has 7 nitrogen and oxygen atoms in total. The van der Waals surface area contributed by atoms with Crippen LogP contribution in [0.3, 0.4) is 0 Å².